The summed E-state index contributed by atoms with van der Waals surface area (Å²) in [7, 11) is 0. The lowest BCUT2D eigenvalue weighted by Crippen LogP contribution is -2.46. The maximum Gasteiger partial charge on any atom is 0.417 e. The number of aliphatic hydroxyl groups is 1. The minimum absolute atomic E-state index is 0.0979. The number of likely N-dealkylation sites (tertiary alicyclic amines) is 1. The van der Waals surface area contributed by atoms with Crippen LogP contribution in [0.15, 0.2) is 42.5 Å². The van der Waals surface area contributed by atoms with E-state index in [0.717, 1.165) is 23.0 Å². The van der Waals surface area contributed by atoms with Crippen molar-refractivity contribution in [2.45, 2.75) is 24.6 Å². The molecule has 0 radical (unpaired) electrons. The number of fused-ring (bicyclic) bond motifs is 1. The highest BCUT2D eigenvalue weighted by molar-refractivity contribution is 6.31. The second kappa shape index (κ2) is 7.48. The van der Waals surface area contributed by atoms with Gasteiger partial charge in [0.15, 0.2) is 5.82 Å². The van der Waals surface area contributed by atoms with Crippen LogP contribution in [-0.4, -0.2) is 39.3 Å². The van der Waals surface area contributed by atoms with Crippen molar-refractivity contribution in [1.82, 2.24) is 15.1 Å². The van der Waals surface area contributed by atoms with Gasteiger partial charge in [-0.25, -0.2) is 4.79 Å². The molecule has 10 heteroatoms. The Bertz CT molecular complexity index is 1090. The molecular weight excluding hydrogens is 421 g/mol. The molecule has 0 unspecified atom stereocenters. The number of alkyl halides is 3. The first-order chi connectivity index (χ1) is 14.2. The molecule has 0 bridgehead atoms. The first-order valence-electron chi connectivity index (χ1n) is 9.26. The van der Waals surface area contributed by atoms with Gasteiger partial charge in [0.05, 0.1) is 21.7 Å². The molecule has 0 aliphatic carbocycles. The van der Waals surface area contributed by atoms with E-state index < -0.39 is 22.4 Å². The van der Waals surface area contributed by atoms with Gasteiger partial charge in [-0.3, -0.25) is 10.4 Å². The highest BCUT2D eigenvalue weighted by Gasteiger charge is 2.39. The van der Waals surface area contributed by atoms with E-state index in [-0.39, 0.29) is 37.5 Å². The summed E-state index contributed by atoms with van der Waals surface area (Å²) < 4.78 is 39.4. The van der Waals surface area contributed by atoms with Crippen LogP contribution in [0.5, 0.6) is 0 Å². The minimum atomic E-state index is -4.61. The van der Waals surface area contributed by atoms with Crippen LogP contribution >= 0.6 is 11.6 Å². The number of carbonyl (C=O) groups is 1. The maximum absolute atomic E-state index is 13.1. The second-order valence-corrected chi connectivity index (χ2v) is 7.67. The smallest absolute Gasteiger partial charge is 0.385 e. The summed E-state index contributed by atoms with van der Waals surface area (Å²) in [6.45, 7) is 0.351. The van der Waals surface area contributed by atoms with Crippen molar-refractivity contribution in [1.29, 1.82) is 0 Å². The van der Waals surface area contributed by atoms with Crippen LogP contribution in [0.3, 0.4) is 0 Å². The number of hydrogen-bond acceptors (Lipinski definition) is 3. The summed E-state index contributed by atoms with van der Waals surface area (Å²) in [6.07, 6.45) is -4.42. The van der Waals surface area contributed by atoms with E-state index >= 15 is 0 Å². The molecule has 1 aliphatic rings. The summed E-state index contributed by atoms with van der Waals surface area (Å²) in [6, 6.07) is 10.4. The van der Waals surface area contributed by atoms with E-state index in [4.69, 9.17) is 11.6 Å². The molecule has 0 spiro atoms. The van der Waals surface area contributed by atoms with Gasteiger partial charge in [0.25, 0.3) is 0 Å². The van der Waals surface area contributed by atoms with Crippen LogP contribution in [0.2, 0.25) is 5.02 Å². The molecule has 3 N–H and O–H groups in total. The number of nitrogens with one attached hydrogen (secondary N) is 2. The van der Waals surface area contributed by atoms with Crippen molar-refractivity contribution in [3.63, 3.8) is 0 Å². The van der Waals surface area contributed by atoms with Gasteiger partial charge in [-0.05, 0) is 42.7 Å². The number of carbonyl (C=O) groups excluding carboxylic acids is 1. The number of aromatic amines is 1. The van der Waals surface area contributed by atoms with Crippen LogP contribution in [0.25, 0.3) is 10.9 Å². The number of nitrogens with zero attached hydrogens (tertiary/aromatic N) is 2. The number of halogens is 4. The summed E-state index contributed by atoms with van der Waals surface area (Å²) >= 11 is 5.67. The van der Waals surface area contributed by atoms with Crippen molar-refractivity contribution in [3.05, 3.63) is 58.6 Å². The molecule has 1 aromatic heterocycles. The Labute approximate surface area is 174 Å². The van der Waals surface area contributed by atoms with E-state index in [1.54, 1.807) is 0 Å². The molecular formula is C20H18ClF3N4O2. The molecule has 30 heavy (non-hydrogen) atoms. The topological polar surface area (TPSA) is 81.2 Å². The number of H-pyrrole nitrogens is 1. The number of hydrogen-bond donors (Lipinski definition) is 3. The number of urea groups is 1. The zero-order valence-electron chi connectivity index (χ0n) is 15.6. The summed E-state index contributed by atoms with van der Waals surface area (Å²) in [5.74, 6) is 0.393. The largest absolute Gasteiger partial charge is 0.417 e. The monoisotopic (exact) mass is 438 g/mol. The lowest BCUT2D eigenvalue weighted by atomic mass is 9.84. The predicted molar refractivity (Wildman–Crippen MR) is 106 cm³/mol. The van der Waals surface area contributed by atoms with Crippen LogP contribution in [0.1, 0.15) is 24.0 Å². The lowest BCUT2D eigenvalue weighted by molar-refractivity contribution is -0.137. The molecule has 2 aromatic carbocycles. The number of aromatic nitrogens is 2. The Morgan fingerprint density at radius 3 is 2.60 bits per heavy atom. The molecule has 6 nitrogen and oxygen atoms in total. The zero-order valence-corrected chi connectivity index (χ0v) is 16.4. The fraction of sp³-hybridized carbons (Fsp3) is 0.300. The van der Waals surface area contributed by atoms with E-state index in [1.807, 2.05) is 24.3 Å². The van der Waals surface area contributed by atoms with Crippen LogP contribution in [-0.2, 0) is 11.8 Å². The predicted octanol–water partition coefficient (Wildman–Crippen LogP) is 4.75. The Kier molecular flexibility index (Phi) is 5.11. The van der Waals surface area contributed by atoms with Gasteiger partial charge >= 0.3 is 12.2 Å². The van der Waals surface area contributed by atoms with Gasteiger partial charge < -0.3 is 10.0 Å². The Hall–Kier alpha value is -2.78. The highest BCUT2D eigenvalue weighted by Crippen LogP contribution is 2.40. The van der Waals surface area contributed by atoms with Gasteiger partial charge in [0.1, 0.15) is 0 Å². The van der Waals surface area contributed by atoms with Crippen molar-refractivity contribution in [2.24, 2.45) is 0 Å². The van der Waals surface area contributed by atoms with Gasteiger partial charge in [-0.1, -0.05) is 29.8 Å². The van der Waals surface area contributed by atoms with Crippen LogP contribution in [0.4, 0.5) is 23.8 Å². The van der Waals surface area contributed by atoms with Crippen LogP contribution in [0, 0.1) is 0 Å². The third kappa shape index (κ3) is 3.82. The molecule has 0 atom stereocenters. The Morgan fingerprint density at radius 2 is 1.90 bits per heavy atom. The van der Waals surface area contributed by atoms with E-state index in [2.05, 4.69) is 15.5 Å². The summed E-state index contributed by atoms with van der Waals surface area (Å²) in [5.41, 5.74) is -1.54. The normalized spacial score (nSPS) is 16.6. The molecule has 3 aromatic rings. The van der Waals surface area contributed by atoms with E-state index in [0.29, 0.717) is 5.82 Å². The van der Waals surface area contributed by atoms with Gasteiger partial charge in [0.2, 0.25) is 0 Å². The summed E-state index contributed by atoms with van der Waals surface area (Å²) in [5, 5.41) is 20.9. The quantitative estimate of drug-likeness (QED) is 0.540. The van der Waals surface area contributed by atoms with Gasteiger partial charge in [-0.2, -0.15) is 18.3 Å². The van der Waals surface area contributed by atoms with Crippen molar-refractivity contribution in [3.8, 4) is 0 Å². The fourth-order valence-corrected chi connectivity index (χ4v) is 3.86. The van der Waals surface area contributed by atoms with Gasteiger partial charge in [-0.15, -0.1) is 0 Å². The average molecular weight is 439 g/mol. The third-order valence-electron chi connectivity index (χ3n) is 5.38. The fourth-order valence-electron chi connectivity index (χ4n) is 3.64. The molecule has 4 rings (SSSR count). The van der Waals surface area contributed by atoms with E-state index in [1.165, 1.54) is 11.0 Å². The lowest BCUT2D eigenvalue weighted by Gasteiger charge is -2.38. The van der Waals surface area contributed by atoms with Crippen LogP contribution < -0.4 is 5.32 Å². The Balaban J connectivity index is 1.46. The second-order valence-electron chi connectivity index (χ2n) is 7.26. The average Bonchev–Trinajstić information content (AvgIpc) is 3.11. The minimum Gasteiger partial charge on any atom is -0.385 e. The number of para-hydroxylation sites is 1. The SMILES string of the molecule is O=C(Nc1n[nH]c2ccccc12)N1CCC(O)(c2ccc(Cl)c(C(F)(F)F)c2)CC1. The molecule has 158 valence electrons. The van der Waals surface area contributed by atoms with Crippen molar-refractivity contribution in [2.75, 3.05) is 18.4 Å². The first kappa shape index (κ1) is 20.5. The van der Waals surface area contributed by atoms with Crippen molar-refractivity contribution >= 4 is 34.4 Å². The number of amides is 2. The van der Waals surface area contributed by atoms with E-state index in [9.17, 15) is 23.1 Å². The molecule has 2 amide bonds. The molecule has 1 fully saturated rings. The molecule has 1 aliphatic heterocycles. The molecule has 1 saturated heterocycles. The number of rotatable bonds is 2. The van der Waals surface area contributed by atoms with Gasteiger partial charge in [0, 0.05) is 18.5 Å². The zero-order chi connectivity index (χ0) is 21.5. The highest BCUT2D eigenvalue weighted by atomic mass is 35.5. The number of benzene rings is 2. The third-order valence-corrected chi connectivity index (χ3v) is 5.71. The molecule has 2 heterocycles. The number of anilines is 1. The summed E-state index contributed by atoms with van der Waals surface area (Å²) in [4.78, 5) is 14.1. The number of piperidine rings is 1. The molecule has 0 saturated carbocycles. The first-order valence-corrected chi connectivity index (χ1v) is 9.64. The standard InChI is InChI=1S/C20H18ClF3N4O2/c21-15-6-5-12(11-14(15)20(22,23)24)19(30)7-9-28(10-8-19)18(29)25-17-13-3-1-2-4-16(13)26-27-17/h1-6,11,30H,7-10H2,(H2,25,26,27,29). The van der Waals surface area contributed by atoms with Crippen molar-refractivity contribution < 1.29 is 23.1 Å². The Morgan fingerprint density at radius 1 is 1.20 bits per heavy atom. The maximum atomic E-state index is 13.1.